The molecule has 2 nitrogen and oxygen atoms in total. The van der Waals surface area contributed by atoms with Crippen molar-refractivity contribution in [3.8, 4) is 5.75 Å². The molecule has 0 saturated heterocycles. The zero-order chi connectivity index (χ0) is 10.7. The largest absolute Gasteiger partial charge is 0.488 e. The first-order chi connectivity index (χ1) is 6.50. The van der Waals surface area contributed by atoms with Crippen LogP contribution < -0.4 is 10.5 Å². The Labute approximate surface area is 85.4 Å². The van der Waals surface area contributed by atoms with Gasteiger partial charge in [-0.25, -0.2) is 4.39 Å². The summed E-state index contributed by atoms with van der Waals surface area (Å²) >= 11 is 0. The van der Waals surface area contributed by atoms with Gasteiger partial charge >= 0.3 is 0 Å². The van der Waals surface area contributed by atoms with E-state index >= 15 is 0 Å². The normalized spacial score (nSPS) is 13.0. The summed E-state index contributed by atoms with van der Waals surface area (Å²) in [6.07, 6.45) is -0.0225. The predicted molar refractivity (Wildman–Crippen MR) is 56.9 cm³/mol. The Morgan fingerprint density at radius 2 is 2.00 bits per heavy atom. The first kappa shape index (κ1) is 11.0. The van der Waals surface area contributed by atoms with Crippen LogP contribution in [-0.2, 0) is 0 Å². The molecule has 2 N–H and O–H groups in total. The van der Waals surface area contributed by atoms with Crippen molar-refractivity contribution in [3.05, 3.63) is 29.6 Å². The molecule has 0 aliphatic heterocycles. The molecular formula is C11H18FNO. The number of hydrogen-bond acceptors (Lipinski definition) is 2. The summed E-state index contributed by atoms with van der Waals surface area (Å²) in [5.41, 5.74) is 6.40. The van der Waals surface area contributed by atoms with E-state index in [1.807, 2.05) is 20.8 Å². The topological polar surface area (TPSA) is 35.2 Å². The molecule has 0 bridgehead atoms. The molecule has 0 unspecified atom stereocenters. The molecule has 0 aliphatic rings. The summed E-state index contributed by atoms with van der Waals surface area (Å²) in [7, 11) is 0. The Morgan fingerprint density at radius 1 is 1.36 bits per heavy atom. The Kier molecular flexibility index (Phi) is 3.47. The summed E-state index contributed by atoms with van der Waals surface area (Å²) in [6, 6.07) is 4.67. The average Bonchev–Trinajstić information content (AvgIpc) is 2.07. The van der Waals surface area contributed by atoms with Crippen LogP contribution in [-0.4, -0.2) is 6.10 Å². The van der Waals surface area contributed by atoms with Crippen molar-refractivity contribution in [1.29, 1.82) is 0 Å². The SMILES string of the molecule is CC(C)Oc1ccc([C@@H](C)N)cc1F.[HH]. The van der Waals surface area contributed by atoms with Crippen molar-refractivity contribution in [2.45, 2.75) is 32.9 Å². The monoisotopic (exact) mass is 199 g/mol. The maximum atomic E-state index is 13.4. The van der Waals surface area contributed by atoms with Crippen molar-refractivity contribution in [3.63, 3.8) is 0 Å². The van der Waals surface area contributed by atoms with Gasteiger partial charge in [0.1, 0.15) is 0 Å². The van der Waals surface area contributed by atoms with Gasteiger partial charge in [0.25, 0.3) is 0 Å². The lowest BCUT2D eigenvalue weighted by Gasteiger charge is -2.12. The molecular weight excluding hydrogens is 181 g/mol. The molecule has 0 spiro atoms. The Hall–Kier alpha value is -1.09. The first-order valence-electron chi connectivity index (χ1n) is 4.72. The highest BCUT2D eigenvalue weighted by Crippen LogP contribution is 2.21. The van der Waals surface area contributed by atoms with Crippen LogP contribution in [0.3, 0.4) is 0 Å². The minimum Gasteiger partial charge on any atom is -0.488 e. The number of rotatable bonds is 3. The highest BCUT2D eigenvalue weighted by Gasteiger charge is 2.08. The van der Waals surface area contributed by atoms with Crippen LogP contribution in [0.4, 0.5) is 4.39 Å². The lowest BCUT2D eigenvalue weighted by atomic mass is 10.1. The summed E-state index contributed by atoms with van der Waals surface area (Å²) in [5, 5.41) is 0. The van der Waals surface area contributed by atoms with Crippen LogP contribution in [0.5, 0.6) is 5.75 Å². The maximum Gasteiger partial charge on any atom is 0.165 e. The summed E-state index contributed by atoms with van der Waals surface area (Å²) < 4.78 is 18.7. The van der Waals surface area contributed by atoms with E-state index in [4.69, 9.17) is 10.5 Å². The van der Waals surface area contributed by atoms with E-state index in [1.165, 1.54) is 6.07 Å². The molecule has 0 heterocycles. The molecule has 1 aromatic carbocycles. The van der Waals surface area contributed by atoms with Crippen molar-refractivity contribution in [2.24, 2.45) is 5.73 Å². The molecule has 1 aromatic rings. The van der Waals surface area contributed by atoms with Gasteiger partial charge < -0.3 is 10.5 Å². The molecule has 3 heteroatoms. The number of hydrogen-bond donors (Lipinski definition) is 1. The number of ether oxygens (including phenoxy) is 1. The van der Waals surface area contributed by atoms with E-state index < -0.39 is 0 Å². The second kappa shape index (κ2) is 4.42. The Bertz CT molecular complexity index is 315. The van der Waals surface area contributed by atoms with Gasteiger partial charge in [0.15, 0.2) is 11.6 Å². The van der Waals surface area contributed by atoms with Gasteiger partial charge in [0, 0.05) is 7.47 Å². The van der Waals surface area contributed by atoms with Crippen LogP contribution in [0.25, 0.3) is 0 Å². The third-order valence-corrected chi connectivity index (χ3v) is 1.84. The van der Waals surface area contributed by atoms with Gasteiger partial charge in [-0.05, 0) is 38.5 Å². The number of halogens is 1. The molecule has 0 radical (unpaired) electrons. The van der Waals surface area contributed by atoms with Gasteiger partial charge in [-0.3, -0.25) is 0 Å². The fraction of sp³-hybridized carbons (Fsp3) is 0.455. The summed E-state index contributed by atoms with van der Waals surface area (Å²) in [6.45, 7) is 5.54. The quantitative estimate of drug-likeness (QED) is 0.812. The van der Waals surface area contributed by atoms with E-state index in [1.54, 1.807) is 12.1 Å². The third kappa shape index (κ3) is 2.70. The molecule has 80 valence electrons. The minimum absolute atomic E-state index is 0. The zero-order valence-electron chi connectivity index (χ0n) is 8.75. The first-order valence-corrected chi connectivity index (χ1v) is 4.72. The van der Waals surface area contributed by atoms with E-state index in [0.29, 0.717) is 0 Å². The summed E-state index contributed by atoms with van der Waals surface area (Å²) in [4.78, 5) is 0. The second-order valence-corrected chi connectivity index (χ2v) is 3.65. The van der Waals surface area contributed by atoms with Gasteiger partial charge in [-0.1, -0.05) is 6.07 Å². The predicted octanol–water partition coefficient (Wildman–Crippen LogP) is 2.88. The van der Waals surface area contributed by atoms with Crippen molar-refractivity contribution < 1.29 is 10.6 Å². The molecule has 0 amide bonds. The van der Waals surface area contributed by atoms with E-state index in [-0.39, 0.29) is 25.1 Å². The van der Waals surface area contributed by atoms with E-state index in [9.17, 15) is 4.39 Å². The van der Waals surface area contributed by atoms with Crippen LogP contribution in [0.2, 0.25) is 0 Å². The maximum absolute atomic E-state index is 13.4. The van der Waals surface area contributed by atoms with Gasteiger partial charge in [-0.2, -0.15) is 0 Å². The molecule has 0 fully saturated rings. The van der Waals surface area contributed by atoms with Crippen LogP contribution in [0.15, 0.2) is 18.2 Å². The molecule has 14 heavy (non-hydrogen) atoms. The van der Waals surface area contributed by atoms with Crippen LogP contribution >= 0.6 is 0 Å². The minimum atomic E-state index is -0.353. The Morgan fingerprint density at radius 3 is 2.43 bits per heavy atom. The summed E-state index contributed by atoms with van der Waals surface area (Å²) in [5.74, 6) is -0.0714. The zero-order valence-corrected chi connectivity index (χ0v) is 8.75. The lowest BCUT2D eigenvalue weighted by Crippen LogP contribution is -2.09. The van der Waals surface area contributed by atoms with E-state index in [0.717, 1.165) is 5.56 Å². The highest BCUT2D eigenvalue weighted by atomic mass is 19.1. The highest BCUT2D eigenvalue weighted by molar-refractivity contribution is 5.30. The molecule has 0 aliphatic carbocycles. The molecule has 1 atom stereocenters. The average molecular weight is 199 g/mol. The standard InChI is InChI=1S/C11H16FNO.H2/c1-7(2)14-11-5-4-9(8(3)13)6-10(11)12;/h4-8H,13H2,1-3H3;1H/t8-;/m1./s1. The lowest BCUT2D eigenvalue weighted by molar-refractivity contribution is 0.231. The van der Waals surface area contributed by atoms with Crippen molar-refractivity contribution in [2.75, 3.05) is 0 Å². The smallest absolute Gasteiger partial charge is 0.165 e. The van der Waals surface area contributed by atoms with Gasteiger partial charge in [0.2, 0.25) is 0 Å². The Balaban J connectivity index is 0.00000196. The molecule has 0 aromatic heterocycles. The third-order valence-electron chi connectivity index (χ3n) is 1.84. The van der Waals surface area contributed by atoms with Crippen LogP contribution in [0.1, 0.15) is 33.8 Å². The van der Waals surface area contributed by atoms with Gasteiger partial charge in [-0.15, -0.1) is 0 Å². The number of benzene rings is 1. The fourth-order valence-corrected chi connectivity index (χ4v) is 1.15. The van der Waals surface area contributed by atoms with Crippen molar-refractivity contribution >= 4 is 0 Å². The fourth-order valence-electron chi connectivity index (χ4n) is 1.15. The van der Waals surface area contributed by atoms with E-state index in [2.05, 4.69) is 0 Å². The molecule has 1 rings (SSSR count). The van der Waals surface area contributed by atoms with Gasteiger partial charge in [0.05, 0.1) is 6.10 Å². The number of nitrogens with two attached hydrogens (primary N) is 1. The second-order valence-electron chi connectivity index (χ2n) is 3.65. The van der Waals surface area contributed by atoms with Crippen molar-refractivity contribution in [1.82, 2.24) is 0 Å². The van der Waals surface area contributed by atoms with Crippen LogP contribution in [0, 0.1) is 5.82 Å². The molecule has 0 saturated carbocycles.